The Bertz CT molecular complexity index is 362. The first kappa shape index (κ1) is 14.0. The zero-order valence-corrected chi connectivity index (χ0v) is 10.9. The van der Waals surface area contributed by atoms with E-state index in [0.717, 1.165) is 5.56 Å². The summed E-state index contributed by atoms with van der Waals surface area (Å²) in [6.45, 7) is 4.07. The highest BCUT2D eigenvalue weighted by atomic mass is 35.5. The van der Waals surface area contributed by atoms with E-state index in [9.17, 15) is 4.79 Å². The minimum atomic E-state index is -0.217. The number of nitrogens with two attached hydrogens (primary N) is 1. The molecule has 0 aliphatic carbocycles. The summed E-state index contributed by atoms with van der Waals surface area (Å²) in [5.74, 6) is -0.232. The van der Waals surface area contributed by atoms with Gasteiger partial charge in [0.15, 0.2) is 0 Å². The highest BCUT2D eigenvalue weighted by molar-refractivity contribution is 6.30. The third-order valence-corrected chi connectivity index (χ3v) is 2.66. The lowest BCUT2D eigenvalue weighted by atomic mass is 9.96. The Balaban J connectivity index is 2.65. The fraction of sp³-hybridized carbons (Fsp3) is 0.462. The van der Waals surface area contributed by atoms with Crippen LogP contribution in [0.3, 0.4) is 0 Å². The highest BCUT2D eigenvalue weighted by Crippen LogP contribution is 2.21. The van der Waals surface area contributed by atoms with Crippen LogP contribution in [0.5, 0.6) is 0 Å². The molecule has 0 saturated carbocycles. The lowest BCUT2D eigenvalue weighted by Crippen LogP contribution is -2.20. The van der Waals surface area contributed by atoms with Crippen molar-refractivity contribution in [1.82, 2.24) is 0 Å². The first-order valence-electron chi connectivity index (χ1n) is 5.68. The van der Waals surface area contributed by atoms with Crippen LogP contribution >= 0.6 is 11.6 Å². The van der Waals surface area contributed by atoms with Crippen molar-refractivity contribution in [2.45, 2.75) is 32.3 Å². The first-order valence-corrected chi connectivity index (χ1v) is 6.05. The van der Waals surface area contributed by atoms with Crippen LogP contribution in [0.1, 0.15) is 31.7 Å². The largest absolute Gasteiger partial charge is 0.463 e. The maximum Gasteiger partial charge on any atom is 0.306 e. The number of hydrogen-bond donors (Lipinski definition) is 1. The summed E-state index contributed by atoms with van der Waals surface area (Å²) in [5.41, 5.74) is 6.69. The van der Waals surface area contributed by atoms with Gasteiger partial charge in [-0.15, -0.1) is 0 Å². The fourth-order valence-corrected chi connectivity index (χ4v) is 1.71. The molecule has 0 saturated heterocycles. The number of esters is 1. The molecule has 0 aliphatic rings. The number of halogens is 1. The van der Waals surface area contributed by atoms with Gasteiger partial charge in [-0.25, -0.2) is 0 Å². The van der Waals surface area contributed by atoms with Crippen LogP contribution in [0, 0.1) is 0 Å². The standard InChI is InChI=1S/C13H18ClNO2/c1-9(2)17-13(16)7-11(8-15)10-3-5-12(14)6-4-10/h3-6,9,11H,7-8,15H2,1-2H3. The number of carbonyl (C=O) groups excluding carboxylic acids is 1. The Morgan fingerprint density at radius 2 is 1.94 bits per heavy atom. The van der Waals surface area contributed by atoms with E-state index >= 15 is 0 Å². The third kappa shape index (κ3) is 4.75. The Labute approximate surface area is 107 Å². The molecule has 17 heavy (non-hydrogen) atoms. The van der Waals surface area contributed by atoms with Crippen LogP contribution in [0.15, 0.2) is 24.3 Å². The van der Waals surface area contributed by atoms with E-state index in [1.807, 2.05) is 26.0 Å². The summed E-state index contributed by atoms with van der Waals surface area (Å²) < 4.78 is 5.11. The number of rotatable bonds is 5. The number of ether oxygens (including phenoxy) is 1. The van der Waals surface area contributed by atoms with Gasteiger partial charge in [-0.3, -0.25) is 4.79 Å². The second-order valence-corrected chi connectivity index (χ2v) is 4.66. The predicted molar refractivity (Wildman–Crippen MR) is 69.1 cm³/mol. The molecule has 0 heterocycles. The molecule has 2 N–H and O–H groups in total. The quantitative estimate of drug-likeness (QED) is 0.823. The summed E-state index contributed by atoms with van der Waals surface area (Å²) in [7, 11) is 0. The number of carbonyl (C=O) groups is 1. The van der Waals surface area contributed by atoms with Gasteiger partial charge in [0, 0.05) is 10.9 Å². The summed E-state index contributed by atoms with van der Waals surface area (Å²) >= 11 is 5.81. The molecule has 0 bridgehead atoms. The van der Waals surface area contributed by atoms with E-state index in [1.54, 1.807) is 12.1 Å². The zero-order chi connectivity index (χ0) is 12.8. The van der Waals surface area contributed by atoms with Crippen molar-refractivity contribution < 1.29 is 9.53 Å². The SMILES string of the molecule is CC(C)OC(=O)CC(CN)c1ccc(Cl)cc1. The molecular formula is C13H18ClNO2. The molecule has 0 amide bonds. The fourth-order valence-electron chi connectivity index (χ4n) is 1.58. The number of benzene rings is 1. The van der Waals surface area contributed by atoms with Crippen LogP contribution in [0.2, 0.25) is 5.02 Å². The summed E-state index contributed by atoms with van der Waals surface area (Å²) in [5, 5.41) is 0.675. The molecule has 1 rings (SSSR count). The molecule has 3 nitrogen and oxygen atoms in total. The van der Waals surface area contributed by atoms with Crippen LogP contribution in [0.4, 0.5) is 0 Å². The van der Waals surface area contributed by atoms with Gasteiger partial charge < -0.3 is 10.5 Å². The monoisotopic (exact) mass is 255 g/mol. The van der Waals surface area contributed by atoms with Crippen molar-refractivity contribution in [3.63, 3.8) is 0 Å². The van der Waals surface area contributed by atoms with E-state index in [-0.39, 0.29) is 18.0 Å². The lowest BCUT2D eigenvalue weighted by Gasteiger charge is -2.15. The molecule has 1 aromatic rings. The number of hydrogen-bond acceptors (Lipinski definition) is 3. The van der Waals surface area contributed by atoms with Crippen molar-refractivity contribution >= 4 is 17.6 Å². The molecule has 0 aromatic heterocycles. The minimum absolute atomic E-state index is 0.0153. The average molecular weight is 256 g/mol. The van der Waals surface area contributed by atoms with Crippen molar-refractivity contribution in [2.24, 2.45) is 5.73 Å². The first-order chi connectivity index (χ1) is 8.02. The molecule has 94 valence electrons. The van der Waals surface area contributed by atoms with E-state index in [0.29, 0.717) is 18.0 Å². The summed E-state index contributed by atoms with van der Waals surface area (Å²) in [4.78, 5) is 11.6. The van der Waals surface area contributed by atoms with Gasteiger partial charge in [0.25, 0.3) is 0 Å². The second kappa shape index (κ2) is 6.62. The molecule has 0 fully saturated rings. The van der Waals surface area contributed by atoms with Crippen molar-refractivity contribution in [3.05, 3.63) is 34.9 Å². The molecular weight excluding hydrogens is 238 g/mol. The molecule has 0 spiro atoms. The normalized spacial score (nSPS) is 12.5. The Hall–Kier alpha value is -1.06. The predicted octanol–water partition coefficient (Wildman–Crippen LogP) is 2.72. The van der Waals surface area contributed by atoms with Gasteiger partial charge in [0.1, 0.15) is 0 Å². The third-order valence-electron chi connectivity index (χ3n) is 2.41. The Morgan fingerprint density at radius 1 is 1.35 bits per heavy atom. The van der Waals surface area contributed by atoms with Gasteiger partial charge in [-0.05, 0) is 38.1 Å². The maximum absolute atomic E-state index is 11.6. The van der Waals surface area contributed by atoms with Crippen LogP contribution in [-0.4, -0.2) is 18.6 Å². The van der Waals surface area contributed by atoms with Crippen LogP contribution in [0.25, 0.3) is 0 Å². The lowest BCUT2D eigenvalue weighted by molar-refractivity contribution is -0.147. The minimum Gasteiger partial charge on any atom is -0.463 e. The Kier molecular flexibility index (Phi) is 5.45. The smallest absolute Gasteiger partial charge is 0.306 e. The van der Waals surface area contributed by atoms with Crippen molar-refractivity contribution in [2.75, 3.05) is 6.54 Å². The Morgan fingerprint density at radius 3 is 2.41 bits per heavy atom. The van der Waals surface area contributed by atoms with Gasteiger partial charge in [0.2, 0.25) is 0 Å². The van der Waals surface area contributed by atoms with Crippen LogP contribution in [-0.2, 0) is 9.53 Å². The van der Waals surface area contributed by atoms with E-state index in [1.165, 1.54) is 0 Å². The summed E-state index contributed by atoms with van der Waals surface area (Å²) in [6, 6.07) is 7.38. The second-order valence-electron chi connectivity index (χ2n) is 4.23. The zero-order valence-electron chi connectivity index (χ0n) is 10.2. The van der Waals surface area contributed by atoms with Crippen LogP contribution < -0.4 is 5.73 Å². The molecule has 1 unspecified atom stereocenters. The van der Waals surface area contributed by atoms with Crippen molar-refractivity contribution in [3.8, 4) is 0 Å². The van der Waals surface area contributed by atoms with Gasteiger partial charge in [-0.1, -0.05) is 23.7 Å². The molecule has 1 atom stereocenters. The molecule has 0 aliphatic heterocycles. The van der Waals surface area contributed by atoms with Gasteiger partial charge >= 0.3 is 5.97 Å². The van der Waals surface area contributed by atoms with Gasteiger partial charge in [-0.2, -0.15) is 0 Å². The molecule has 0 radical (unpaired) electrons. The van der Waals surface area contributed by atoms with Crippen molar-refractivity contribution in [1.29, 1.82) is 0 Å². The maximum atomic E-state index is 11.6. The average Bonchev–Trinajstić information content (AvgIpc) is 2.26. The van der Waals surface area contributed by atoms with E-state index in [2.05, 4.69) is 0 Å². The molecule has 1 aromatic carbocycles. The topological polar surface area (TPSA) is 52.3 Å². The van der Waals surface area contributed by atoms with Gasteiger partial charge in [0.05, 0.1) is 12.5 Å². The van der Waals surface area contributed by atoms with E-state index < -0.39 is 0 Å². The van der Waals surface area contributed by atoms with E-state index in [4.69, 9.17) is 22.1 Å². The summed E-state index contributed by atoms with van der Waals surface area (Å²) in [6.07, 6.45) is 0.210. The highest BCUT2D eigenvalue weighted by Gasteiger charge is 2.16. The molecule has 4 heteroatoms.